The first kappa shape index (κ1) is 13.9. The van der Waals surface area contributed by atoms with E-state index in [1.807, 2.05) is 0 Å². The maximum atomic E-state index is 6.42. The number of ether oxygens (including phenoxy) is 1. The molecule has 0 saturated carbocycles. The van der Waals surface area contributed by atoms with E-state index < -0.39 is 0 Å². The van der Waals surface area contributed by atoms with Gasteiger partial charge >= 0.3 is 0 Å². The Bertz CT molecular complexity index is 216. The van der Waals surface area contributed by atoms with Crippen molar-refractivity contribution in [2.45, 2.75) is 52.1 Å². The fraction of sp³-hybridized carbons (Fsp3) is 1.00. The molecule has 1 rings (SSSR count). The molecule has 0 bridgehead atoms. The Labute approximate surface area is 100 Å². The SMILES string of the molecule is CC(N(C)CC1(N)CCOCC1)C(C)(C)C. The second kappa shape index (κ2) is 5.03. The van der Waals surface area contributed by atoms with Crippen molar-refractivity contribution >= 4 is 0 Å². The van der Waals surface area contributed by atoms with Crippen LogP contribution in [0.15, 0.2) is 0 Å². The van der Waals surface area contributed by atoms with Gasteiger partial charge in [-0.1, -0.05) is 20.8 Å². The number of likely N-dealkylation sites (N-methyl/N-ethyl adjacent to an activating group) is 1. The highest BCUT2D eigenvalue weighted by Crippen LogP contribution is 2.26. The summed E-state index contributed by atoms with van der Waals surface area (Å²) in [4.78, 5) is 2.39. The summed E-state index contributed by atoms with van der Waals surface area (Å²) >= 11 is 0. The van der Waals surface area contributed by atoms with Crippen molar-refractivity contribution in [1.29, 1.82) is 0 Å². The van der Waals surface area contributed by atoms with Crippen LogP contribution in [-0.2, 0) is 4.74 Å². The molecule has 0 amide bonds. The van der Waals surface area contributed by atoms with Crippen molar-refractivity contribution in [2.75, 3.05) is 26.8 Å². The molecule has 2 N–H and O–H groups in total. The summed E-state index contributed by atoms with van der Waals surface area (Å²) in [7, 11) is 2.18. The van der Waals surface area contributed by atoms with Crippen molar-refractivity contribution in [2.24, 2.45) is 11.1 Å². The summed E-state index contributed by atoms with van der Waals surface area (Å²) in [6.45, 7) is 11.7. The standard InChI is InChI=1S/C13H28N2O/c1-11(12(2,3)4)15(5)10-13(14)6-8-16-9-7-13/h11H,6-10,14H2,1-5H3. The number of nitrogens with two attached hydrogens (primary N) is 1. The van der Waals surface area contributed by atoms with Crippen LogP contribution in [0, 0.1) is 5.41 Å². The summed E-state index contributed by atoms with van der Waals surface area (Å²) < 4.78 is 5.38. The van der Waals surface area contributed by atoms with E-state index in [1.165, 1.54) is 0 Å². The fourth-order valence-electron chi connectivity index (χ4n) is 2.23. The number of hydrogen-bond donors (Lipinski definition) is 1. The monoisotopic (exact) mass is 228 g/mol. The smallest absolute Gasteiger partial charge is 0.0484 e. The summed E-state index contributed by atoms with van der Waals surface area (Å²) in [5.74, 6) is 0. The quantitative estimate of drug-likeness (QED) is 0.801. The molecule has 3 nitrogen and oxygen atoms in total. The van der Waals surface area contributed by atoms with Crippen LogP contribution in [0.4, 0.5) is 0 Å². The Kier molecular flexibility index (Phi) is 4.38. The Hall–Kier alpha value is -0.120. The highest BCUT2D eigenvalue weighted by atomic mass is 16.5. The van der Waals surface area contributed by atoms with Gasteiger partial charge in [-0.25, -0.2) is 0 Å². The van der Waals surface area contributed by atoms with Gasteiger partial charge in [0.2, 0.25) is 0 Å². The molecular formula is C13H28N2O. The van der Waals surface area contributed by atoms with E-state index in [2.05, 4.69) is 39.6 Å². The van der Waals surface area contributed by atoms with E-state index in [0.717, 1.165) is 32.6 Å². The molecule has 1 unspecified atom stereocenters. The Morgan fingerprint density at radius 3 is 2.25 bits per heavy atom. The molecule has 3 heteroatoms. The zero-order valence-corrected chi connectivity index (χ0v) is 11.5. The predicted molar refractivity (Wildman–Crippen MR) is 68.5 cm³/mol. The van der Waals surface area contributed by atoms with Crippen LogP contribution in [0.2, 0.25) is 0 Å². The Balaban J connectivity index is 2.52. The summed E-state index contributed by atoms with van der Waals surface area (Å²) in [5, 5.41) is 0. The van der Waals surface area contributed by atoms with Crippen LogP contribution in [0.25, 0.3) is 0 Å². The molecule has 1 atom stereocenters. The molecule has 96 valence electrons. The van der Waals surface area contributed by atoms with Crippen LogP contribution in [0.5, 0.6) is 0 Å². The van der Waals surface area contributed by atoms with E-state index in [-0.39, 0.29) is 5.54 Å². The highest BCUT2D eigenvalue weighted by Gasteiger charge is 2.33. The topological polar surface area (TPSA) is 38.5 Å². The van der Waals surface area contributed by atoms with E-state index >= 15 is 0 Å². The third-order valence-electron chi connectivity index (χ3n) is 3.97. The lowest BCUT2D eigenvalue weighted by molar-refractivity contribution is 0.0268. The van der Waals surface area contributed by atoms with Crippen molar-refractivity contribution in [3.8, 4) is 0 Å². The normalized spacial score (nSPS) is 23.4. The highest BCUT2D eigenvalue weighted by molar-refractivity contribution is 4.91. The first-order valence-electron chi connectivity index (χ1n) is 6.31. The number of hydrogen-bond acceptors (Lipinski definition) is 3. The van der Waals surface area contributed by atoms with Crippen LogP contribution in [-0.4, -0.2) is 43.3 Å². The van der Waals surface area contributed by atoms with Gasteiger partial charge in [0.1, 0.15) is 0 Å². The molecule has 0 radical (unpaired) electrons. The van der Waals surface area contributed by atoms with Gasteiger partial charge in [0.05, 0.1) is 0 Å². The minimum atomic E-state index is -0.0491. The van der Waals surface area contributed by atoms with E-state index in [4.69, 9.17) is 10.5 Å². The third kappa shape index (κ3) is 3.72. The molecule has 1 saturated heterocycles. The second-order valence-corrected chi connectivity index (χ2v) is 6.43. The van der Waals surface area contributed by atoms with Gasteiger partial charge in [-0.05, 0) is 32.2 Å². The molecule has 1 aliphatic heterocycles. The maximum Gasteiger partial charge on any atom is 0.0484 e. The third-order valence-corrected chi connectivity index (χ3v) is 3.97. The Morgan fingerprint density at radius 2 is 1.81 bits per heavy atom. The van der Waals surface area contributed by atoms with Gasteiger partial charge in [-0.3, -0.25) is 0 Å². The maximum absolute atomic E-state index is 6.42. The van der Waals surface area contributed by atoms with Gasteiger partial charge < -0.3 is 15.4 Å². The molecule has 1 fully saturated rings. The average molecular weight is 228 g/mol. The molecule has 16 heavy (non-hydrogen) atoms. The lowest BCUT2D eigenvalue weighted by atomic mass is 9.85. The summed E-state index contributed by atoms with van der Waals surface area (Å²) in [6.07, 6.45) is 1.96. The number of nitrogens with zero attached hydrogens (tertiary/aromatic N) is 1. The molecule has 0 aromatic rings. The lowest BCUT2D eigenvalue weighted by Crippen LogP contribution is -2.55. The van der Waals surface area contributed by atoms with Gasteiger partial charge in [0.25, 0.3) is 0 Å². The molecule has 0 spiro atoms. The van der Waals surface area contributed by atoms with Gasteiger partial charge in [-0.15, -0.1) is 0 Å². The van der Waals surface area contributed by atoms with Crippen LogP contribution in [0.3, 0.4) is 0 Å². The first-order chi connectivity index (χ1) is 7.25. The lowest BCUT2D eigenvalue weighted by Gasteiger charge is -2.42. The molecular weight excluding hydrogens is 200 g/mol. The van der Waals surface area contributed by atoms with Crippen molar-refractivity contribution in [3.63, 3.8) is 0 Å². The first-order valence-corrected chi connectivity index (χ1v) is 6.31. The van der Waals surface area contributed by atoms with E-state index in [0.29, 0.717) is 11.5 Å². The molecule has 1 heterocycles. The Morgan fingerprint density at radius 1 is 1.31 bits per heavy atom. The molecule has 0 aromatic heterocycles. The average Bonchev–Trinajstić information content (AvgIpc) is 2.15. The minimum absolute atomic E-state index is 0.0491. The van der Waals surface area contributed by atoms with Gasteiger partial charge in [-0.2, -0.15) is 0 Å². The zero-order valence-electron chi connectivity index (χ0n) is 11.5. The molecule has 0 aliphatic carbocycles. The second-order valence-electron chi connectivity index (χ2n) is 6.43. The van der Waals surface area contributed by atoms with Crippen molar-refractivity contribution in [1.82, 2.24) is 4.90 Å². The largest absolute Gasteiger partial charge is 0.381 e. The predicted octanol–water partition coefficient (Wildman–Crippen LogP) is 1.86. The number of rotatable bonds is 3. The van der Waals surface area contributed by atoms with Gasteiger partial charge in [0, 0.05) is 31.3 Å². The van der Waals surface area contributed by atoms with E-state index in [1.54, 1.807) is 0 Å². The van der Waals surface area contributed by atoms with Crippen LogP contribution >= 0.6 is 0 Å². The van der Waals surface area contributed by atoms with E-state index in [9.17, 15) is 0 Å². The van der Waals surface area contributed by atoms with Gasteiger partial charge in [0.15, 0.2) is 0 Å². The molecule has 1 aliphatic rings. The zero-order chi connectivity index (χ0) is 12.4. The van der Waals surface area contributed by atoms with Crippen LogP contribution < -0.4 is 5.73 Å². The summed E-state index contributed by atoms with van der Waals surface area (Å²) in [5.41, 5.74) is 6.67. The molecule has 0 aromatic carbocycles. The van der Waals surface area contributed by atoms with Crippen LogP contribution in [0.1, 0.15) is 40.5 Å². The minimum Gasteiger partial charge on any atom is -0.381 e. The summed E-state index contributed by atoms with van der Waals surface area (Å²) in [6, 6.07) is 0.538. The van der Waals surface area contributed by atoms with Crippen molar-refractivity contribution in [3.05, 3.63) is 0 Å². The fourth-order valence-corrected chi connectivity index (χ4v) is 2.23. The van der Waals surface area contributed by atoms with Crippen molar-refractivity contribution < 1.29 is 4.74 Å².